The lowest BCUT2D eigenvalue weighted by molar-refractivity contribution is -0.137. The molecule has 13 heteroatoms. The van der Waals surface area contributed by atoms with Crippen LogP contribution in [0.4, 0.5) is 29.5 Å². The van der Waals surface area contributed by atoms with E-state index in [1.165, 1.54) is 12.1 Å². The summed E-state index contributed by atoms with van der Waals surface area (Å²) in [5.74, 6) is 0.639. The second kappa shape index (κ2) is 12.7. The van der Waals surface area contributed by atoms with Crippen molar-refractivity contribution in [2.75, 3.05) is 56.2 Å². The van der Waals surface area contributed by atoms with Crippen LogP contribution in [-0.2, 0) is 23.9 Å². The van der Waals surface area contributed by atoms with Crippen LogP contribution in [0.1, 0.15) is 56.9 Å². The monoisotopic (exact) mass is 615 g/mol. The minimum absolute atomic E-state index is 0.112. The smallest absolute Gasteiger partial charge is 0.418 e. The van der Waals surface area contributed by atoms with Crippen molar-refractivity contribution in [3.8, 4) is 12.1 Å². The quantitative estimate of drug-likeness (QED) is 0.451. The number of hydrogen-bond donors (Lipinski definition) is 0. The van der Waals surface area contributed by atoms with Gasteiger partial charge in [0.1, 0.15) is 18.0 Å². The summed E-state index contributed by atoms with van der Waals surface area (Å²) in [5, 5.41) is 9.57. The predicted octanol–water partition coefficient (Wildman–Crippen LogP) is 4.87. The van der Waals surface area contributed by atoms with Crippen LogP contribution in [0.2, 0.25) is 0 Å². The van der Waals surface area contributed by atoms with Crippen molar-refractivity contribution in [2.24, 2.45) is 0 Å². The molecule has 1 aromatic carbocycles. The van der Waals surface area contributed by atoms with E-state index in [0.717, 1.165) is 31.0 Å². The Kier molecular flexibility index (Phi) is 9.11. The molecule has 1 amide bonds. The van der Waals surface area contributed by atoms with Gasteiger partial charge in [-0.15, -0.1) is 0 Å². The molecule has 0 bridgehead atoms. The largest absolute Gasteiger partial charge is 0.462 e. The highest BCUT2D eigenvalue weighted by Gasteiger charge is 2.38. The Morgan fingerprint density at radius 2 is 1.84 bits per heavy atom. The van der Waals surface area contributed by atoms with Crippen molar-refractivity contribution in [1.82, 2.24) is 19.8 Å². The summed E-state index contributed by atoms with van der Waals surface area (Å²) in [5.41, 5.74) is 0.210. The van der Waals surface area contributed by atoms with E-state index in [9.17, 15) is 23.2 Å². The van der Waals surface area contributed by atoms with Crippen molar-refractivity contribution in [3.05, 3.63) is 41.1 Å². The number of carbonyl (C=O) groups excluding carboxylic acids is 1. The number of para-hydroxylation sites is 1. The molecular weight excluding hydrogens is 575 g/mol. The topological polar surface area (TPSA) is 98.1 Å². The van der Waals surface area contributed by atoms with Gasteiger partial charge in [-0.25, -0.2) is 4.79 Å². The highest BCUT2D eigenvalue weighted by molar-refractivity contribution is 5.69. The number of alkyl halides is 3. The molecule has 0 aliphatic carbocycles. The molecule has 0 N–H and O–H groups in total. The Balaban J connectivity index is 1.45. The molecule has 3 aliphatic rings. The van der Waals surface area contributed by atoms with Crippen LogP contribution < -0.4 is 14.5 Å². The Morgan fingerprint density at radius 1 is 1.07 bits per heavy atom. The SMILES string of the molecule is CN1CCC[C@@H]1COc1nc2c(c(N3CCN(C(=O)OC(C)(C)C)C(CC#N)C3)n1)CCN(c1ccccc1C(F)(F)F)C2. The van der Waals surface area contributed by atoms with Gasteiger partial charge in [0, 0.05) is 43.5 Å². The molecule has 0 spiro atoms. The molecule has 2 atom stereocenters. The van der Waals surface area contributed by atoms with Crippen LogP contribution in [0, 0.1) is 11.3 Å². The van der Waals surface area contributed by atoms with Crippen LogP contribution in [0.5, 0.6) is 6.01 Å². The number of benzene rings is 1. The second-order valence-electron chi connectivity index (χ2n) is 12.7. The van der Waals surface area contributed by atoms with Gasteiger partial charge < -0.3 is 29.1 Å². The third-order valence-electron chi connectivity index (χ3n) is 8.39. The van der Waals surface area contributed by atoms with Gasteiger partial charge in [-0.2, -0.15) is 28.4 Å². The molecule has 2 saturated heterocycles. The Labute approximate surface area is 256 Å². The molecule has 1 aromatic heterocycles. The zero-order chi connectivity index (χ0) is 31.6. The number of likely N-dealkylation sites (tertiary alicyclic amines) is 1. The van der Waals surface area contributed by atoms with E-state index >= 15 is 0 Å². The molecule has 0 radical (unpaired) electrons. The van der Waals surface area contributed by atoms with Crippen molar-refractivity contribution in [3.63, 3.8) is 0 Å². The Hall–Kier alpha value is -3.79. The molecule has 5 rings (SSSR count). The first-order valence-corrected chi connectivity index (χ1v) is 15.1. The zero-order valence-corrected chi connectivity index (χ0v) is 25.7. The highest BCUT2D eigenvalue weighted by atomic mass is 19.4. The van der Waals surface area contributed by atoms with Crippen LogP contribution >= 0.6 is 0 Å². The van der Waals surface area contributed by atoms with Crippen molar-refractivity contribution < 1.29 is 27.4 Å². The molecular formula is C31H40F3N7O3. The first-order valence-electron chi connectivity index (χ1n) is 15.1. The number of aromatic nitrogens is 2. The molecule has 3 aliphatic heterocycles. The molecule has 238 valence electrons. The normalized spacial score (nSPS) is 21.2. The third kappa shape index (κ3) is 7.12. The van der Waals surface area contributed by atoms with Crippen molar-refractivity contribution >= 4 is 17.6 Å². The first-order chi connectivity index (χ1) is 20.8. The van der Waals surface area contributed by atoms with E-state index in [-0.39, 0.29) is 30.7 Å². The summed E-state index contributed by atoms with van der Waals surface area (Å²) in [6, 6.07) is 7.76. The number of anilines is 2. The molecule has 0 saturated carbocycles. The average Bonchev–Trinajstić information content (AvgIpc) is 3.38. The number of carbonyl (C=O) groups is 1. The number of rotatable bonds is 6. The first kappa shape index (κ1) is 31.6. The molecule has 1 unspecified atom stereocenters. The van der Waals surface area contributed by atoms with Crippen LogP contribution in [0.25, 0.3) is 0 Å². The maximum Gasteiger partial charge on any atom is 0.418 e. The number of fused-ring (bicyclic) bond motifs is 1. The zero-order valence-electron chi connectivity index (χ0n) is 25.7. The number of halogens is 3. The molecule has 44 heavy (non-hydrogen) atoms. The lowest BCUT2D eigenvalue weighted by Gasteiger charge is -2.42. The second-order valence-corrected chi connectivity index (χ2v) is 12.7. The van der Waals surface area contributed by atoms with E-state index in [4.69, 9.17) is 19.4 Å². The van der Waals surface area contributed by atoms with Gasteiger partial charge in [-0.1, -0.05) is 12.1 Å². The summed E-state index contributed by atoms with van der Waals surface area (Å²) < 4.78 is 53.4. The molecule has 4 heterocycles. The van der Waals surface area contributed by atoms with Gasteiger partial charge in [0.15, 0.2) is 0 Å². The van der Waals surface area contributed by atoms with E-state index in [0.29, 0.717) is 50.7 Å². The maximum absolute atomic E-state index is 13.9. The van der Waals surface area contributed by atoms with E-state index in [1.54, 1.807) is 36.6 Å². The minimum Gasteiger partial charge on any atom is -0.462 e. The summed E-state index contributed by atoms with van der Waals surface area (Å²) in [7, 11) is 2.05. The fourth-order valence-corrected chi connectivity index (χ4v) is 6.16. The van der Waals surface area contributed by atoms with Crippen LogP contribution in [0.15, 0.2) is 24.3 Å². The summed E-state index contributed by atoms with van der Waals surface area (Å²) in [4.78, 5) is 30.1. The minimum atomic E-state index is -4.49. The fourth-order valence-electron chi connectivity index (χ4n) is 6.16. The van der Waals surface area contributed by atoms with Gasteiger partial charge in [0.25, 0.3) is 0 Å². The van der Waals surface area contributed by atoms with Gasteiger partial charge >= 0.3 is 18.3 Å². The predicted molar refractivity (Wildman–Crippen MR) is 159 cm³/mol. The third-order valence-corrected chi connectivity index (χ3v) is 8.39. The van der Waals surface area contributed by atoms with Gasteiger partial charge in [-0.3, -0.25) is 0 Å². The van der Waals surface area contributed by atoms with Crippen molar-refractivity contribution in [1.29, 1.82) is 5.26 Å². The van der Waals surface area contributed by atoms with Gasteiger partial charge in [0.2, 0.25) is 0 Å². The Morgan fingerprint density at radius 3 is 2.52 bits per heavy atom. The standard InChI is InChI=1S/C31H40F3N7O3/c1-30(2,3)44-29(42)41-17-16-40(18-21(41)11-13-35)27-23-12-15-39(26-10-6-5-9-24(26)31(32,33)34)19-25(23)36-28(37-27)43-20-22-8-7-14-38(22)4/h5-6,9-10,21-22H,7-8,11-12,14-20H2,1-4H3/t21?,22-/m1/s1. The molecule has 2 aromatic rings. The number of ether oxygens (including phenoxy) is 2. The van der Waals surface area contributed by atoms with Crippen LogP contribution in [0.3, 0.4) is 0 Å². The Bertz CT molecular complexity index is 1390. The average molecular weight is 616 g/mol. The lowest BCUT2D eigenvalue weighted by atomic mass is 10.0. The highest BCUT2D eigenvalue weighted by Crippen LogP contribution is 2.39. The number of amides is 1. The molecule has 2 fully saturated rings. The molecule has 10 nitrogen and oxygen atoms in total. The van der Waals surface area contributed by atoms with Gasteiger partial charge in [-0.05, 0) is 65.8 Å². The van der Waals surface area contributed by atoms with E-state index in [1.807, 2.05) is 4.90 Å². The number of hydrogen-bond acceptors (Lipinski definition) is 9. The van der Waals surface area contributed by atoms with Gasteiger partial charge in [0.05, 0.1) is 36.3 Å². The van der Waals surface area contributed by atoms with Crippen LogP contribution in [-0.4, -0.2) is 89.9 Å². The maximum atomic E-state index is 13.9. The summed E-state index contributed by atoms with van der Waals surface area (Å²) in [6.07, 6.45) is -2.33. The van der Waals surface area contributed by atoms with E-state index < -0.39 is 29.5 Å². The lowest BCUT2D eigenvalue weighted by Crippen LogP contribution is -2.56. The fraction of sp³-hybridized carbons (Fsp3) is 0.613. The number of nitrogens with zero attached hydrogens (tertiary/aromatic N) is 7. The van der Waals surface area contributed by atoms with Crippen molar-refractivity contribution in [2.45, 2.75) is 76.9 Å². The van der Waals surface area contributed by atoms with E-state index in [2.05, 4.69) is 18.0 Å². The number of likely N-dealkylation sites (N-methyl/N-ethyl adjacent to an activating group) is 1. The number of nitriles is 1. The number of piperazine rings is 1. The summed E-state index contributed by atoms with van der Waals surface area (Å²) >= 11 is 0. The summed E-state index contributed by atoms with van der Waals surface area (Å²) in [6.45, 7) is 8.42.